The second-order valence-electron chi connectivity index (χ2n) is 7.92. The molecule has 29 heavy (non-hydrogen) atoms. The largest absolute Gasteiger partial charge is 0.465 e. The predicted molar refractivity (Wildman–Crippen MR) is 101 cm³/mol. The number of nitrogens with one attached hydrogen (secondary N) is 2. The third kappa shape index (κ3) is 3.30. The first kappa shape index (κ1) is 18.0. The summed E-state index contributed by atoms with van der Waals surface area (Å²) in [6, 6.07) is 1.33. The molecule has 150 valence electrons. The van der Waals surface area contributed by atoms with Crippen LogP contribution < -0.4 is 5.32 Å². The molecule has 1 saturated carbocycles. The van der Waals surface area contributed by atoms with Crippen LogP contribution in [0.25, 0.3) is 22.4 Å². The van der Waals surface area contributed by atoms with E-state index < -0.39 is 11.6 Å². The van der Waals surface area contributed by atoms with Crippen molar-refractivity contribution in [2.24, 2.45) is 5.41 Å². The van der Waals surface area contributed by atoms with E-state index in [-0.39, 0.29) is 29.1 Å². The molecule has 4 heterocycles. The Bertz CT molecular complexity index is 1100. The fourth-order valence-electron chi connectivity index (χ4n) is 4.46. The van der Waals surface area contributed by atoms with Gasteiger partial charge in [-0.25, -0.2) is 23.7 Å². The zero-order chi connectivity index (χ0) is 20.0. The number of halogens is 2. The van der Waals surface area contributed by atoms with Crippen molar-refractivity contribution in [1.29, 1.82) is 0 Å². The highest BCUT2D eigenvalue weighted by atomic mass is 19.1. The number of esters is 1. The van der Waals surface area contributed by atoms with Crippen LogP contribution in [-0.4, -0.2) is 38.6 Å². The standard InChI is InChI=1S/C20H19F2N5O2/c21-11-4-13-14(8-24-17(13)23-7-11)18-25-9-15(22)19(27-18)26-12-2-1-3-20(5-12)6-16(28)29-10-20/h4,7-9,12H,1-3,5-6,10H2,(H,23,24)(H,25,26,27)/t12-,20+/m0/s1. The minimum Gasteiger partial charge on any atom is -0.465 e. The van der Waals surface area contributed by atoms with Crippen LogP contribution in [0.3, 0.4) is 0 Å². The maximum Gasteiger partial charge on any atom is 0.306 e. The Morgan fingerprint density at radius 1 is 1.28 bits per heavy atom. The molecule has 1 aliphatic heterocycles. The van der Waals surface area contributed by atoms with Crippen molar-refractivity contribution in [3.8, 4) is 11.4 Å². The Morgan fingerprint density at radius 3 is 3.00 bits per heavy atom. The van der Waals surface area contributed by atoms with E-state index in [4.69, 9.17) is 4.74 Å². The van der Waals surface area contributed by atoms with Gasteiger partial charge in [-0.05, 0) is 25.3 Å². The summed E-state index contributed by atoms with van der Waals surface area (Å²) in [6.45, 7) is 0.426. The summed E-state index contributed by atoms with van der Waals surface area (Å²) in [5.41, 5.74) is 0.883. The minimum atomic E-state index is -0.559. The molecule has 9 heteroatoms. The van der Waals surface area contributed by atoms with Crippen molar-refractivity contribution in [3.63, 3.8) is 0 Å². The van der Waals surface area contributed by atoms with Gasteiger partial charge in [0.15, 0.2) is 17.5 Å². The van der Waals surface area contributed by atoms with Gasteiger partial charge in [-0.3, -0.25) is 4.79 Å². The van der Waals surface area contributed by atoms with Crippen molar-refractivity contribution in [1.82, 2.24) is 19.9 Å². The molecule has 2 fully saturated rings. The fraction of sp³-hybridized carbons (Fsp3) is 0.400. The summed E-state index contributed by atoms with van der Waals surface area (Å²) in [6.07, 6.45) is 7.72. The summed E-state index contributed by atoms with van der Waals surface area (Å²) >= 11 is 0. The molecule has 5 rings (SSSR count). The second-order valence-corrected chi connectivity index (χ2v) is 7.92. The Kier molecular flexibility index (Phi) is 4.18. The normalized spacial score (nSPS) is 24.2. The summed E-state index contributed by atoms with van der Waals surface area (Å²) in [5, 5.41) is 3.71. The third-order valence-corrected chi connectivity index (χ3v) is 5.82. The Morgan fingerprint density at radius 2 is 2.17 bits per heavy atom. The molecule has 1 saturated heterocycles. The summed E-state index contributed by atoms with van der Waals surface area (Å²) < 4.78 is 33.2. The fourth-order valence-corrected chi connectivity index (χ4v) is 4.46. The lowest BCUT2D eigenvalue weighted by Crippen LogP contribution is -2.36. The number of pyridine rings is 1. The smallest absolute Gasteiger partial charge is 0.306 e. The highest BCUT2D eigenvalue weighted by Crippen LogP contribution is 2.44. The zero-order valence-electron chi connectivity index (χ0n) is 15.5. The monoisotopic (exact) mass is 399 g/mol. The van der Waals surface area contributed by atoms with E-state index in [0.29, 0.717) is 29.6 Å². The van der Waals surface area contributed by atoms with Crippen molar-refractivity contribution in [3.05, 3.63) is 36.3 Å². The van der Waals surface area contributed by atoms with Crippen molar-refractivity contribution in [2.75, 3.05) is 11.9 Å². The van der Waals surface area contributed by atoms with Gasteiger partial charge in [0, 0.05) is 28.6 Å². The first-order chi connectivity index (χ1) is 14.0. The number of anilines is 1. The van der Waals surface area contributed by atoms with Crippen LogP contribution in [0.4, 0.5) is 14.6 Å². The van der Waals surface area contributed by atoms with Gasteiger partial charge in [0.2, 0.25) is 0 Å². The average Bonchev–Trinajstić information content (AvgIpc) is 3.27. The van der Waals surface area contributed by atoms with Gasteiger partial charge in [0.1, 0.15) is 11.5 Å². The molecule has 3 aromatic heterocycles. The SMILES string of the molecule is O=C1C[C@]2(CCC[C@H](Nc3nc(-c4c[nH]c5ncc(F)cc45)ncc3F)C2)CO1. The lowest BCUT2D eigenvalue weighted by atomic mass is 9.71. The maximum absolute atomic E-state index is 14.4. The van der Waals surface area contributed by atoms with Gasteiger partial charge in [-0.15, -0.1) is 0 Å². The number of hydrogen-bond donors (Lipinski definition) is 2. The number of carbonyl (C=O) groups excluding carboxylic acids is 1. The zero-order valence-corrected chi connectivity index (χ0v) is 15.5. The van der Waals surface area contributed by atoms with Gasteiger partial charge in [-0.2, -0.15) is 0 Å². The van der Waals surface area contributed by atoms with Crippen molar-refractivity contribution < 1.29 is 18.3 Å². The van der Waals surface area contributed by atoms with Crippen LogP contribution in [0.1, 0.15) is 32.1 Å². The molecular weight excluding hydrogens is 380 g/mol. The number of aromatic nitrogens is 4. The minimum absolute atomic E-state index is 0.0161. The number of cyclic esters (lactones) is 1. The molecule has 2 atom stereocenters. The van der Waals surface area contributed by atoms with Crippen LogP contribution in [0.15, 0.2) is 24.7 Å². The lowest BCUT2D eigenvalue weighted by Gasteiger charge is -2.36. The number of rotatable bonds is 3. The molecule has 3 aromatic rings. The summed E-state index contributed by atoms with van der Waals surface area (Å²) in [5.74, 6) is -0.823. The molecule has 1 aliphatic carbocycles. The van der Waals surface area contributed by atoms with Gasteiger partial charge in [0.25, 0.3) is 0 Å². The Balaban J connectivity index is 1.42. The van der Waals surface area contributed by atoms with Gasteiger partial charge in [-0.1, -0.05) is 6.42 Å². The first-order valence-corrected chi connectivity index (χ1v) is 9.59. The van der Waals surface area contributed by atoms with Gasteiger partial charge in [0.05, 0.1) is 25.4 Å². The highest BCUT2D eigenvalue weighted by Gasteiger charge is 2.44. The van der Waals surface area contributed by atoms with Gasteiger partial charge < -0.3 is 15.0 Å². The Hall–Kier alpha value is -3.10. The molecule has 0 bridgehead atoms. The second kappa shape index (κ2) is 6.75. The summed E-state index contributed by atoms with van der Waals surface area (Å²) in [4.78, 5) is 27.0. The number of carbonyl (C=O) groups is 1. The number of hydrogen-bond acceptors (Lipinski definition) is 6. The Labute approximate surface area is 164 Å². The molecule has 7 nitrogen and oxygen atoms in total. The number of nitrogens with zero attached hydrogens (tertiary/aromatic N) is 3. The van der Waals surface area contributed by atoms with Crippen LogP contribution >= 0.6 is 0 Å². The molecular formula is C20H19F2N5O2. The van der Waals surface area contributed by atoms with E-state index >= 15 is 0 Å². The van der Waals surface area contributed by atoms with Crippen molar-refractivity contribution in [2.45, 2.75) is 38.1 Å². The molecule has 2 aliphatic rings. The number of H-pyrrole nitrogens is 1. The lowest BCUT2D eigenvalue weighted by molar-refractivity contribution is -0.137. The average molecular weight is 399 g/mol. The number of aromatic amines is 1. The number of ether oxygens (including phenoxy) is 1. The molecule has 0 aromatic carbocycles. The molecule has 0 unspecified atom stereocenters. The van der Waals surface area contributed by atoms with Crippen LogP contribution in [-0.2, 0) is 9.53 Å². The van der Waals surface area contributed by atoms with Crippen LogP contribution in [0.2, 0.25) is 0 Å². The predicted octanol–water partition coefficient (Wildman–Crippen LogP) is 3.59. The van der Waals surface area contributed by atoms with E-state index in [1.807, 2.05) is 0 Å². The third-order valence-electron chi connectivity index (χ3n) is 5.82. The number of fused-ring (bicyclic) bond motifs is 1. The van der Waals surface area contributed by atoms with Crippen LogP contribution in [0, 0.1) is 17.0 Å². The highest BCUT2D eigenvalue weighted by molar-refractivity contribution is 5.91. The van der Waals surface area contributed by atoms with E-state index in [1.165, 1.54) is 6.07 Å². The summed E-state index contributed by atoms with van der Waals surface area (Å²) in [7, 11) is 0. The molecule has 2 N–H and O–H groups in total. The molecule has 0 radical (unpaired) electrons. The van der Waals surface area contributed by atoms with E-state index in [0.717, 1.165) is 38.1 Å². The van der Waals surface area contributed by atoms with E-state index in [2.05, 4.69) is 25.3 Å². The quantitative estimate of drug-likeness (QED) is 0.654. The first-order valence-electron chi connectivity index (χ1n) is 9.59. The topological polar surface area (TPSA) is 92.8 Å². The van der Waals surface area contributed by atoms with E-state index in [1.54, 1.807) is 6.20 Å². The molecule has 0 amide bonds. The van der Waals surface area contributed by atoms with E-state index in [9.17, 15) is 13.6 Å². The molecule has 1 spiro atoms. The maximum atomic E-state index is 14.4. The van der Waals surface area contributed by atoms with Crippen molar-refractivity contribution >= 4 is 22.8 Å². The van der Waals surface area contributed by atoms with Crippen LogP contribution in [0.5, 0.6) is 0 Å². The van der Waals surface area contributed by atoms with Gasteiger partial charge >= 0.3 is 5.97 Å².